The molecule has 1 aromatic heterocycles. The van der Waals surface area contributed by atoms with Gasteiger partial charge in [0, 0.05) is 5.92 Å². The van der Waals surface area contributed by atoms with E-state index in [-0.39, 0.29) is 11.8 Å². The van der Waals surface area contributed by atoms with Gasteiger partial charge in [-0.25, -0.2) is 0 Å². The highest BCUT2D eigenvalue weighted by molar-refractivity contribution is 7.15. The number of carbonyl (C=O) groups is 1. The second-order valence-electron chi connectivity index (χ2n) is 5.41. The summed E-state index contributed by atoms with van der Waals surface area (Å²) in [6.07, 6.45) is 0.692. The molecule has 5 nitrogen and oxygen atoms in total. The molecule has 0 spiro atoms. The van der Waals surface area contributed by atoms with Crippen molar-refractivity contribution in [2.45, 2.75) is 26.2 Å². The maximum atomic E-state index is 12.3. The third kappa shape index (κ3) is 3.05. The molecule has 110 valence electrons. The number of carbonyl (C=O) groups excluding carboxylic acids is 1. The highest BCUT2D eigenvalue weighted by Gasteiger charge is 2.26. The zero-order chi connectivity index (χ0) is 14.8. The molecule has 0 radical (unpaired) electrons. The number of aromatic nitrogens is 2. The molecule has 0 unspecified atom stereocenters. The van der Waals surface area contributed by atoms with Crippen LogP contribution in [0.1, 0.15) is 30.3 Å². The van der Waals surface area contributed by atoms with E-state index < -0.39 is 0 Å². The van der Waals surface area contributed by atoms with Gasteiger partial charge in [-0.05, 0) is 18.1 Å². The fourth-order valence-electron chi connectivity index (χ4n) is 2.22. The van der Waals surface area contributed by atoms with Gasteiger partial charge in [-0.15, -0.1) is 10.2 Å². The first-order valence-corrected chi connectivity index (χ1v) is 7.80. The molecule has 21 heavy (non-hydrogen) atoms. The van der Waals surface area contributed by atoms with Crippen LogP contribution in [0.3, 0.4) is 0 Å². The summed E-state index contributed by atoms with van der Waals surface area (Å²) < 4.78 is 5.64. The standard InChI is InChI=1S/C15H17N3O2S/c1-9(2)14-17-18-15(21-14)16-13(19)11-7-10-5-3-4-6-12(10)20-8-11/h3-6,9,11H,7-8H2,1-2H3,(H,16,18,19)/t11-/m0/s1. The Labute approximate surface area is 127 Å². The second-order valence-corrected chi connectivity index (χ2v) is 6.42. The van der Waals surface area contributed by atoms with Crippen molar-refractivity contribution < 1.29 is 9.53 Å². The molecule has 1 aromatic carbocycles. The minimum absolute atomic E-state index is 0.0593. The molecule has 0 fully saturated rings. The van der Waals surface area contributed by atoms with E-state index in [1.54, 1.807) is 0 Å². The van der Waals surface area contributed by atoms with E-state index in [4.69, 9.17) is 4.74 Å². The molecule has 2 heterocycles. The largest absolute Gasteiger partial charge is 0.492 e. The topological polar surface area (TPSA) is 64.1 Å². The molecular formula is C15H17N3O2S. The van der Waals surface area contributed by atoms with Crippen LogP contribution in [0.2, 0.25) is 0 Å². The number of amides is 1. The molecule has 6 heteroatoms. The van der Waals surface area contributed by atoms with E-state index in [1.807, 2.05) is 24.3 Å². The number of rotatable bonds is 3. The Kier molecular flexibility index (Phi) is 3.88. The Morgan fingerprint density at radius 3 is 2.95 bits per heavy atom. The number of hydrogen-bond donors (Lipinski definition) is 1. The molecule has 1 aliphatic rings. The lowest BCUT2D eigenvalue weighted by atomic mass is 9.96. The molecule has 1 N–H and O–H groups in total. The first-order chi connectivity index (χ1) is 10.1. The molecule has 2 aromatic rings. The fraction of sp³-hybridized carbons (Fsp3) is 0.400. The van der Waals surface area contributed by atoms with Crippen LogP contribution in [0.4, 0.5) is 5.13 Å². The van der Waals surface area contributed by atoms with Crippen LogP contribution in [0, 0.1) is 5.92 Å². The lowest BCUT2D eigenvalue weighted by Gasteiger charge is -2.23. The lowest BCUT2D eigenvalue weighted by Crippen LogP contribution is -2.32. The molecule has 0 saturated heterocycles. The summed E-state index contributed by atoms with van der Waals surface area (Å²) in [6, 6.07) is 7.83. The summed E-state index contributed by atoms with van der Waals surface area (Å²) in [5.74, 6) is 0.944. The smallest absolute Gasteiger partial charge is 0.233 e. The molecule has 0 aliphatic carbocycles. The van der Waals surface area contributed by atoms with Gasteiger partial charge in [0.15, 0.2) is 0 Å². The van der Waals surface area contributed by atoms with E-state index in [0.29, 0.717) is 24.1 Å². The summed E-state index contributed by atoms with van der Waals surface area (Å²) in [6.45, 7) is 4.51. The molecule has 0 bridgehead atoms. The van der Waals surface area contributed by atoms with Crippen LogP contribution in [0.15, 0.2) is 24.3 Å². The Hall–Kier alpha value is -1.95. The summed E-state index contributed by atoms with van der Waals surface area (Å²) in [4.78, 5) is 12.3. The van der Waals surface area contributed by atoms with E-state index in [0.717, 1.165) is 16.3 Å². The normalized spacial score (nSPS) is 17.2. The molecule has 1 atom stereocenters. The Balaban J connectivity index is 1.66. The maximum absolute atomic E-state index is 12.3. The highest BCUT2D eigenvalue weighted by Crippen LogP contribution is 2.28. The van der Waals surface area contributed by atoms with Crippen molar-refractivity contribution in [2.24, 2.45) is 5.92 Å². The van der Waals surface area contributed by atoms with Crippen LogP contribution in [0.5, 0.6) is 5.75 Å². The maximum Gasteiger partial charge on any atom is 0.233 e. The number of nitrogens with one attached hydrogen (secondary N) is 1. The number of fused-ring (bicyclic) bond motifs is 1. The van der Waals surface area contributed by atoms with Crippen LogP contribution in [-0.4, -0.2) is 22.7 Å². The van der Waals surface area contributed by atoms with E-state index in [2.05, 4.69) is 29.4 Å². The van der Waals surface area contributed by atoms with Gasteiger partial charge in [0.2, 0.25) is 11.0 Å². The first-order valence-electron chi connectivity index (χ1n) is 6.98. The third-order valence-electron chi connectivity index (χ3n) is 3.41. The molecule has 1 amide bonds. The van der Waals surface area contributed by atoms with Crippen molar-refractivity contribution in [2.75, 3.05) is 11.9 Å². The van der Waals surface area contributed by atoms with E-state index in [9.17, 15) is 4.79 Å². The number of para-hydroxylation sites is 1. The average Bonchev–Trinajstić information content (AvgIpc) is 2.95. The van der Waals surface area contributed by atoms with Crippen molar-refractivity contribution in [3.8, 4) is 5.75 Å². The summed E-state index contributed by atoms with van der Waals surface area (Å²) in [5.41, 5.74) is 1.07. The van der Waals surface area contributed by atoms with Crippen LogP contribution >= 0.6 is 11.3 Å². The zero-order valence-electron chi connectivity index (χ0n) is 12.0. The molecule has 3 rings (SSSR count). The van der Waals surface area contributed by atoms with Gasteiger partial charge in [0.1, 0.15) is 17.4 Å². The predicted octanol–water partition coefficient (Wildman–Crippen LogP) is 2.85. The second kappa shape index (κ2) is 5.81. The van der Waals surface area contributed by atoms with E-state index >= 15 is 0 Å². The van der Waals surface area contributed by atoms with Crippen molar-refractivity contribution in [1.82, 2.24) is 10.2 Å². The summed E-state index contributed by atoms with van der Waals surface area (Å²) >= 11 is 1.42. The number of hydrogen-bond acceptors (Lipinski definition) is 5. The van der Waals surface area contributed by atoms with Gasteiger partial charge in [-0.2, -0.15) is 0 Å². The molecule has 0 saturated carbocycles. The van der Waals surface area contributed by atoms with Gasteiger partial charge in [-0.3, -0.25) is 4.79 Å². The lowest BCUT2D eigenvalue weighted by molar-refractivity contribution is -0.121. The highest BCUT2D eigenvalue weighted by atomic mass is 32.1. The zero-order valence-corrected chi connectivity index (χ0v) is 12.8. The van der Waals surface area contributed by atoms with Crippen LogP contribution in [-0.2, 0) is 11.2 Å². The van der Waals surface area contributed by atoms with Gasteiger partial charge in [0.25, 0.3) is 0 Å². The molecular weight excluding hydrogens is 286 g/mol. The number of ether oxygens (including phenoxy) is 1. The van der Waals surface area contributed by atoms with Crippen molar-refractivity contribution in [3.63, 3.8) is 0 Å². The monoisotopic (exact) mass is 303 g/mol. The van der Waals surface area contributed by atoms with Crippen molar-refractivity contribution >= 4 is 22.4 Å². The fourth-order valence-corrected chi connectivity index (χ4v) is 2.97. The Bertz CT molecular complexity index is 654. The third-order valence-corrected chi connectivity index (χ3v) is 4.55. The number of nitrogens with zero attached hydrogens (tertiary/aromatic N) is 2. The van der Waals surface area contributed by atoms with Gasteiger partial charge in [-0.1, -0.05) is 43.4 Å². The SMILES string of the molecule is CC(C)c1nnc(NC(=O)[C@@H]2COc3ccccc3C2)s1. The van der Waals surface area contributed by atoms with Gasteiger partial charge >= 0.3 is 0 Å². The van der Waals surface area contributed by atoms with Crippen LogP contribution in [0.25, 0.3) is 0 Å². The predicted molar refractivity (Wildman–Crippen MR) is 81.8 cm³/mol. The van der Waals surface area contributed by atoms with E-state index in [1.165, 1.54) is 11.3 Å². The quantitative estimate of drug-likeness (QED) is 0.947. The van der Waals surface area contributed by atoms with Gasteiger partial charge < -0.3 is 10.1 Å². The van der Waals surface area contributed by atoms with Crippen molar-refractivity contribution in [1.29, 1.82) is 0 Å². The Morgan fingerprint density at radius 2 is 2.19 bits per heavy atom. The number of anilines is 1. The minimum Gasteiger partial charge on any atom is -0.492 e. The van der Waals surface area contributed by atoms with Gasteiger partial charge in [0.05, 0.1) is 5.92 Å². The average molecular weight is 303 g/mol. The Morgan fingerprint density at radius 1 is 1.38 bits per heavy atom. The van der Waals surface area contributed by atoms with Crippen LogP contribution < -0.4 is 10.1 Å². The summed E-state index contributed by atoms with van der Waals surface area (Å²) in [7, 11) is 0. The van der Waals surface area contributed by atoms with Crippen molar-refractivity contribution in [3.05, 3.63) is 34.8 Å². The first kappa shape index (κ1) is 14.0. The molecule has 1 aliphatic heterocycles. The number of benzene rings is 1. The summed E-state index contributed by atoms with van der Waals surface area (Å²) in [5, 5.41) is 12.4. The minimum atomic E-state index is -0.189.